The summed E-state index contributed by atoms with van der Waals surface area (Å²) in [7, 11) is 0. The third kappa shape index (κ3) is 1.33. The van der Waals surface area contributed by atoms with E-state index in [9.17, 15) is 29.7 Å². The Morgan fingerprint density at radius 3 is 2.33 bits per heavy atom. The zero-order valence-corrected chi connectivity index (χ0v) is 16.9. The van der Waals surface area contributed by atoms with Crippen molar-refractivity contribution in [3.63, 3.8) is 0 Å². The number of aliphatic hydroxyl groups excluding tert-OH is 2. The molecule has 6 rings (SSSR count). The molecule has 6 fully saturated rings. The Labute approximate surface area is 171 Å². The molecule has 0 bridgehead atoms. The maximum absolute atomic E-state index is 13.4. The summed E-state index contributed by atoms with van der Waals surface area (Å²) in [6.45, 7) is 7.14. The highest BCUT2D eigenvalue weighted by Gasteiger charge is 3.03. The quantitative estimate of drug-likeness (QED) is 0.314. The lowest BCUT2D eigenvalue weighted by molar-refractivity contribution is -0.239. The molecule has 10 heteroatoms. The van der Waals surface area contributed by atoms with Gasteiger partial charge in [-0.2, -0.15) is 0 Å². The Bertz CT molecular complexity index is 925. The summed E-state index contributed by atoms with van der Waals surface area (Å²) in [5, 5.41) is 34.7. The predicted molar refractivity (Wildman–Crippen MR) is 92.0 cm³/mol. The molecule has 0 radical (unpaired) electrons. The van der Waals surface area contributed by atoms with E-state index in [0.29, 0.717) is 0 Å². The van der Waals surface area contributed by atoms with Gasteiger partial charge in [0.1, 0.15) is 12.2 Å². The molecule has 2 saturated carbocycles. The number of carbonyl (C=O) groups is 3. The van der Waals surface area contributed by atoms with E-state index in [4.69, 9.17) is 18.9 Å². The first-order valence-electron chi connectivity index (χ1n) is 10.2. The fraction of sp³-hybridized carbons (Fsp3) is 0.850. The first kappa shape index (κ1) is 19.0. The van der Waals surface area contributed by atoms with Gasteiger partial charge in [0.2, 0.25) is 11.9 Å². The SMILES string of the molecule is C[C@@H]1C(=O)O[C@H]2[C@H](O)C34[C@H]5C[C@@H](C(C)(C)C)C36[C@@H](OC(=O)[C@@H]6O)OC4(C(=O)O5)[C@@]12O. The van der Waals surface area contributed by atoms with Crippen molar-refractivity contribution in [2.75, 3.05) is 0 Å². The van der Waals surface area contributed by atoms with Crippen molar-refractivity contribution in [3.8, 4) is 0 Å². The summed E-state index contributed by atoms with van der Waals surface area (Å²) in [6, 6.07) is 0. The second-order valence-corrected chi connectivity index (χ2v) is 10.7. The van der Waals surface area contributed by atoms with Gasteiger partial charge in [-0.1, -0.05) is 20.8 Å². The van der Waals surface area contributed by atoms with E-state index in [-0.39, 0.29) is 6.42 Å². The number of carbonyl (C=O) groups excluding carboxylic acids is 3. The Balaban J connectivity index is 1.72. The minimum atomic E-state index is -2.24. The molecule has 30 heavy (non-hydrogen) atoms. The smallest absolute Gasteiger partial charge is 0.343 e. The van der Waals surface area contributed by atoms with Gasteiger partial charge in [-0.3, -0.25) is 4.79 Å². The normalized spacial score (nSPS) is 60.1. The van der Waals surface area contributed by atoms with Crippen LogP contribution in [0.1, 0.15) is 34.1 Å². The number of rotatable bonds is 0. The molecule has 164 valence electrons. The minimum Gasteiger partial charge on any atom is -0.459 e. The van der Waals surface area contributed by atoms with Gasteiger partial charge < -0.3 is 34.3 Å². The van der Waals surface area contributed by atoms with Crippen LogP contribution in [-0.4, -0.2) is 75.1 Å². The lowest BCUT2D eigenvalue weighted by atomic mass is 9.51. The van der Waals surface area contributed by atoms with E-state index in [0.717, 1.165) is 0 Å². The van der Waals surface area contributed by atoms with Gasteiger partial charge in [-0.25, -0.2) is 9.59 Å². The van der Waals surface area contributed by atoms with E-state index in [1.165, 1.54) is 6.92 Å². The number of fused-ring (bicyclic) bond motifs is 1. The second kappa shape index (κ2) is 4.69. The molecule has 0 amide bonds. The fourth-order valence-corrected chi connectivity index (χ4v) is 8.12. The Hall–Kier alpha value is -1.75. The fourth-order valence-electron chi connectivity index (χ4n) is 8.12. The Morgan fingerprint density at radius 2 is 1.70 bits per heavy atom. The van der Waals surface area contributed by atoms with Crippen LogP contribution in [0.25, 0.3) is 0 Å². The average molecular weight is 424 g/mol. The molecular weight excluding hydrogens is 400 g/mol. The van der Waals surface area contributed by atoms with Crippen molar-refractivity contribution in [3.05, 3.63) is 0 Å². The van der Waals surface area contributed by atoms with Crippen molar-refractivity contribution >= 4 is 17.9 Å². The van der Waals surface area contributed by atoms with Crippen LogP contribution < -0.4 is 0 Å². The number of esters is 3. The van der Waals surface area contributed by atoms with E-state index < -0.39 is 87.9 Å². The highest BCUT2D eigenvalue weighted by Crippen LogP contribution is 2.84. The summed E-state index contributed by atoms with van der Waals surface area (Å²) < 4.78 is 22.5. The molecule has 4 saturated heterocycles. The van der Waals surface area contributed by atoms with Crippen LogP contribution in [0.3, 0.4) is 0 Å². The van der Waals surface area contributed by atoms with Crippen molar-refractivity contribution < 1.29 is 48.7 Å². The maximum atomic E-state index is 13.4. The predicted octanol–water partition coefficient (Wildman–Crippen LogP) is -1.37. The second-order valence-electron chi connectivity index (χ2n) is 10.7. The topological polar surface area (TPSA) is 149 Å². The van der Waals surface area contributed by atoms with Crippen molar-refractivity contribution in [1.29, 1.82) is 0 Å². The minimum absolute atomic E-state index is 0.229. The highest BCUT2D eigenvalue weighted by atomic mass is 16.8. The molecule has 0 aromatic carbocycles. The summed E-state index contributed by atoms with van der Waals surface area (Å²) in [6.07, 6.45) is -6.91. The van der Waals surface area contributed by atoms with Crippen LogP contribution in [0.15, 0.2) is 0 Å². The zero-order chi connectivity index (χ0) is 21.8. The van der Waals surface area contributed by atoms with E-state index in [2.05, 4.69) is 0 Å². The first-order chi connectivity index (χ1) is 13.8. The van der Waals surface area contributed by atoms with Crippen LogP contribution in [0.2, 0.25) is 0 Å². The van der Waals surface area contributed by atoms with Gasteiger partial charge in [0.05, 0.1) is 16.7 Å². The molecular formula is C20H24O10. The van der Waals surface area contributed by atoms with Gasteiger partial charge in [0.15, 0.2) is 17.8 Å². The van der Waals surface area contributed by atoms with Gasteiger partial charge >= 0.3 is 17.9 Å². The Morgan fingerprint density at radius 1 is 1.03 bits per heavy atom. The zero-order valence-electron chi connectivity index (χ0n) is 16.9. The molecule has 11 atom stereocenters. The molecule has 3 unspecified atom stereocenters. The number of hydrogen-bond donors (Lipinski definition) is 3. The molecule has 10 nitrogen and oxygen atoms in total. The lowest BCUT2D eigenvalue weighted by Crippen LogP contribution is -2.67. The lowest BCUT2D eigenvalue weighted by Gasteiger charge is -2.47. The molecule has 0 aromatic heterocycles. The summed E-state index contributed by atoms with van der Waals surface area (Å²) in [5.74, 6) is -4.32. The monoisotopic (exact) mass is 424 g/mol. The van der Waals surface area contributed by atoms with Crippen molar-refractivity contribution in [2.45, 2.75) is 76.0 Å². The van der Waals surface area contributed by atoms with Crippen molar-refractivity contribution in [1.82, 2.24) is 0 Å². The van der Waals surface area contributed by atoms with E-state index in [1.54, 1.807) is 0 Å². The molecule has 4 heterocycles. The standard InChI is InChI=1S/C20H24O10/c1-6-12(23)28-11-9(21)18-8-5-7(16(2,3)4)17(18)10(22)13(24)29-15(17)30-20(18,14(25)27-8)19(6,11)26/h6-11,15,21-22,26H,5H2,1-4H3/t6-,7+,8-,9+,10+,11+,15+,17?,18?,19-,20?/m1/s1. The first-order valence-corrected chi connectivity index (χ1v) is 10.2. The molecule has 2 spiro atoms. The van der Waals surface area contributed by atoms with Gasteiger partial charge in [0.25, 0.3) is 0 Å². The van der Waals surface area contributed by atoms with Crippen LogP contribution in [0.4, 0.5) is 0 Å². The van der Waals surface area contributed by atoms with Gasteiger partial charge in [-0.15, -0.1) is 0 Å². The van der Waals surface area contributed by atoms with E-state index >= 15 is 0 Å². The summed E-state index contributed by atoms with van der Waals surface area (Å²) in [4.78, 5) is 38.2. The third-order valence-corrected chi connectivity index (χ3v) is 9.00. The van der Waals surface area contributed by atoms with Crippen LogP contribution in [0.5, 0.6) is 0 Å². The summed E-state index contributed by atoms with van der Waals surface area (Å²) >= 11 is 0. The van der Waals surface area contributed by atoms with Crippen LogP contribution in [0, 0.1) is 28.1 Å². The molecule has 0 aromatic rings. The summed E-state index contributed by atoms with van der Waals surface area (Å²) in [5.41, 5.74) is -8.26. The van der Waals surface area contributed by atoms with Crippen LogP contribution >= 0.6 is 0 Å². The number of aliphatic hydroxyl groups is 3. The molecule has 3 N–H and O–H groups in total. The van der Waals surface area contributed by atoms with E-state index in [1.807, 2.05) is 20.8 Å². The number of ether oxygens (including phenoxy) is 4. The maximum Gasteiger partial charge on any atom is 0.343 e. The van der Waals surface area contributed by atoms with Crippen molar-refractivity contribution in [2.24, 2.45) is 28.1 Å². The Kier molecular flexibility index (Phi) is 2.97. The molecule has 4 aliphatic heterocycles. The average Bonchev–Trinajstić information content (AvgIpc) is 3.35. The molecule has 2 aliphatic carbocycles. The molecule has 6 aliphatic rings. The highest BCUT2D eigenvalue weighted by molar-refractivity contribution is 5.94. The number of hydrogen-bond acceptors (Lipinski definition) is 10. The van der Waals surface area contributed by atoms with Crippen LogP contribution in [-0.2, 0) is 33.3 Å². The third-order valence-electron chi connectivity index (χ3n) is 9.00. The van der Waals surface area contributed by atoms with Gasteiger partial charge in [-0.05, 0) is 24.7 Å². The largest absolute Gasteiger partial charge is 0.459 e. The van der Waals surface area contributed by atoms with Gasteiger partial charge in [0, 0.05) is 0 Å².